The van der Waals surface area contributed by atoms with Gasteiger partial charge in [-0.05, 0) is 37.0 Å². The number of halogens is 1. The summed E-state index contributed by atoms with van der Waals surface area (Å²) in [7, 11) is 3.87. The highest BCUT2D eigenvalue weighted by molar-refractivity contribution is 14.0. The number of aliphatic imine (C=N–C) groups is 1. The number of allylic oxidation sites excluding steroid dienone is 1. The molecule has 1 fully saturated rings. The maximum absolute atomic E-state index is 12.3. The Morgan fingerprint density at radius 3 is 2.78 bits per heavy atom. The summed E-state index contributed by atoms with van der Waals surface area (Å²) in [4.78, 5) is 21.1. The Bertz CT molecular complexity index is 707. The van der Waals surface area contributed by atoms with E-state index in [1.165, 1.54) is 12.8 Å². The van der Waals surface area contributed by atoms with E-state index in [0.717, 1.165) is 69.4 Å². The maximum Gasteiger partial charge on any atom is 0.225 e. The molecule has 0 spiro atoms. The smallest absolute Gasteiger partial charge is 0.225 e. The summed E-state index contributed by atoms with van der Waals surface area (Å²) in [5, 5.41) is 6.43. The molecule has 2 N–H and O–H groups in total. The van der Waals surface area contributed by atoms with Crippen LogP contribution in [0.5, 0.6) is 0 Å². The van der Waals surface area contributed by atoms with Gasteiger partial charge in [-0.1, -0.05) is 24.6 Å². The van der Waals surface area contributed by atoms with Crippen molar-refractivity contribution >= 4 is 41.5 Å². The molecule has 0 aliphatic carbocycles. The standard InChI is InChI=1S/C24H39N5O2.HI/c1-4-5-6-7-8-13-28(3)24(25-2)26-20-21-10-9-11-22(19-21)27-23(30)12-14-29-15-17-31-18-16-29;/h4,9-11,19H,1,5-8,12-18,20H2,2-3H3,(H,25,26)(H,27,30);1H. The van der Waals surface area contributed by atoms with Gasteiger partial charge < -0.3 is 20.3 Å². The first-order valence-electron chi connectivity index (χ1n) is 11.3. The van der Waals surface area contributed by atoms with Crippen LogP contribution >= 0.6 is 24.0 Å². The first-order valence-corrected chi connectivity index (χ1v) is 11.3. The Morgan fingerprint density at radius 2 is 2.06 bits per heavy atom. The Morgan fingerprint density at radius 1 is 1.28 bits per heavy atom. The van der Waals surface area contributed by atoms with Crippen LogP contribution in [0.25, 0.3) is 0 Å². The number of carbonyl (C=O) groups excluding carboxylic acids is 1. The van der Waals surface area contributed by atoms with Crippen molar-refractivity contribution in [1.82, 2.24) is 15.1 Å². The number of morpholine rings is 1. The minimum Gasteiger partial charge on any atom is -0.379 e. The monoisotopic (exact) mass is 557 g/mol. The van der Waals surface area contributed by atoms with E-state index in [0.29, 0.717) is 13.0 Å². The van der Waals surface area contributed by atoms with Crippen LogP contribution in [0.3, 0.4) is 0 Å². The van der Waals surface area contributed by atoms with E-state index in [1.807, 2.05) is 31.3 Å². The summed E-state index contributed by atoms with van der Waals surface area (Å²) in [5.41, 5.74) is 1.93. The van der Waals surface area contributed by atoms with Gasteiger partial charge in [0.05, 0.1) is 13.2 Å². The third kappa shape index (κ3) is 11.3. The molecule has 1 aromatic carbocycles. The van der Waals surface area contributed by atoms with Gasteiger partial charge in [0, 0.05) is 58.9 Å². The van der Waals surface area contributed by atoms with Crippen LogP contribution in [0.2, 0.25) is 0 Å². The van der Waals surface area contributed by atoms with Crippen molar-refractivity contribution in [2.45, 2.75) is 38.6 Å². The molecule has 0 saturated carbocycles. The summed E-state index contributed by atoms with van der Waals surface area (Å²) >= 11 is 0. The zero-order valence-corrected chi connectivity index (χ0v) is 22.0. The van der Waals surface area contributed by atoms with Crippen LogP contribution < -0.4 is 10.6 Å². The van der Waals surface area contributed by atoms with E-state index in [9.17, 15) is 4.79 Å². The van der Waals surface area contributed by atoms with Gasteiger partial charge in [0.1, 0.15) is 0 Å². The highest BCUT2D eigenvalue weighted by Crippen LogP contribution is 2.11. The molecular formula is C24H40IN5O2. The van der Waals surface area contributed by atoms with Gasteiger partial charge in [-0.2, -0.15) is 0 Å². The lowest BCUT2D eigenvalue weighted by atomic mass is 10.2. The van der Waals surface area contributed by atoms with Crippen LogP contribution in [-0.2, 0) is 16.1 Å². The van der Waals surface area contributed by atoms with Crippen molar-refractivity contribution in [2.24, 2.45) is 4.99 Å². The highest BCUT2D eigenvalue weighted by atomic mass is 127. The number of hydrogen-bond donors (Lipinski definition) is 2. The molecule has 180 valence electrons. The van der Waals surface area contributed by atoms with E-state index >= 15 is 0 Å². The number of carbonyl (C=O) groups is 1. The number of benzene rings is 1. The molecule has 1 saturated heterocycles. The summed E-state index contributed by atoms with van der Waals surface area (Å²) < 4.78 is 5.35. The first kappa shape index (κ1) is 28.4. The minimum atomic E-state index is 0. The lowest BCUT2D eigenvalue weighted by molar-refractivity contribution is -0.116. The minimum absolute atomic E-state index is 0. The van der Waals surface area contributed by atoms with E-state index in [-0.39, 0.29) is 29.9 Å². The SMILES string of the molecule is C=CCCCCCN(C)C(=NC)NCc1cccc(NC(=O)CCN2CCOCC2)c1.I. The van der Waals surface area contributed by atoms with Crippen molar-refractivity contribution in [2.75, 3.05) is 58.8 Å². The van der Waals surface area contributed by atoms with E-state index in [1.54, 1.807) is 0 Å². The van der Waals surface area contributed by atoms with Crippen molar-refractivity contribution in [3.63, 3.8) is 0 Å². The van der Waals surface area contributed by atoms with Crippen LogP contribution in [0.1, 0.15) is 37.7 Å². The topological polar surface area (TPSA) is 69.2 Å². The van der Waals surface area contributed by atoms with Crippen LogP contribution in [0.4, 0.5) is 5.69 Å². The fraction of sp³-hybridized carbons (Fsp3) is 0.583. The normalized spacial score (nSPS) is 14.4. The molecule has 32 heavy (non-hydrogen) atoms. The lowest BCUT2D eigenvalue weighted by Crippen LogP contribution is -2.39. The molecule has 0 bridgehead atoms. The fourth-order valence-electron chi connectivity index (χ4n) is 3.55. The molecule has 1 aliphatic heterocycles. The second kappa shape index (κ2) is 16.9. The fourth-order valence-corrected chi connectivity index (χ4v) is 3.55. The number of ether oxygens (including phenoxy) is 1. The van der Waals surface area contributed by atoms with Gasteiger partial charge in [-0.25, -0.2) is 0 Å². The molecule has 2 rings (SSSR count). The highest BCUT2D eigenvalue weighted by Gasteiger charge is 2.12. The first-order chi connectivity index (χ1) is 15.1. The second-order valence-electron chi connectivity index (χ2n) is 7.91. The Kier molecular flexibility index (Phi) is 15.0. The zero-order valence-electron chi connectivity index (χ0n) is 19.6. The van der Waals surface area contributed by atoms with Gasteiger partial charge >= 0.3 is 0 Å². The number of nitrogens with one attached hydrogen (secondary N) is 2. The predicted molar refractivity (Wildman–Crippen MR) is 144 cm³/mol. The molecular weight excluding hydrogens is 517 g/mol. The van der Waals surface area contributed by atoms with E-state index < -0.39 is 0 Å². The molecule has 1 aromatic rings. The van der Waals surface area contributed by atoms with Gasteiger partial charge in [0.15, 0.2) is 5.96 Å². The number of anilines is 1. The number of rotatable bonds is 12. The van der Waals surface area contributed by atoms with Gasteiger partial charge in [0.2, 0.25) is 5.91 Å². The van der Waals surface area contributed by atoms with Crippen molar-refractivity contribution in [3.8, 4) is 0 Å². The number of guanidine groups is 1. The van der Waals surface area contributed by atoms with Crippen molar-refractivity contribution in [3.05, 3.63) is 42.5 Å². The number of unbranched alkanes of at least 4 members (excludes halogenated alkanes) is 3. The largest absolute Gasteiger partial charge is 0.379 e. The molecule has 1 amide bonds. The van der Waals surface area contributed by atoms with Crippen LogP contribution in [0.15, 0.2) is 41.9 Å². The molecule has 1 aliphatic rings. The summed E-state index contributed by atoms with van der Waals surface area (Å²) in [6.07, 6.45) is 7.07. The summed E-state index contributed by atoms with van der Waals surface area (Å²) in [6.45, 7) is 9.48. The Hall–Kier alpha value is -1.65. The molecule has 0 atom stereocenters. The number of hydrogen-bond acceptors (Lipinski definition) is 4. The quantitative estimate of drug-likeness (QED) is 0.135. The Balaban J connectivity index is 0.00000512. The average Bonchev–Trinajstić information content (AvgIpc) is 2.79. The summed E-state index contributed by atoms with van der Waals surface area (Å²) in [6, 6.07) is 7.97. The van der Waals surface area contributed by atoms with Crippen LogP contribution in [-0.4, -0.2) is 75.2 Å². The van der Waals surface area contributed by atoms with Crippen LogP contribution in [0, 0.1) is 0 Å². The predicted octanol–water partition coefficient (Wildman–Crippen LogP) is 3.72. The molecule has 0 unspecified atom stereocenters. The lowest BCUT2D eigenvalue weighted by Gasteiger charge is -2.26. The van der Waals surface area contributed by atoms with E-state index in [2.05, 4.69) is 45.1 Å². The molecule has 1 heterocycles. The molecule has 0 aromatic heterocycles. The van der Waals surface area contributed by atoms with Gasteiger partial charge in [0.25, 0.3) is 0 Å². The van der Waals surface area contributed by atoms with Crippen molar-refractivity contribution < 1.29 is 9.53 Å². The third-order valence-electron chi connectivity index (χ3n) is 5.40. The van der Waals surface area contributed by atoms with Gasteiger partial charge in [-0.15, -0.1) is 30.6 Å². The second-order valence-corrected chi connectivity index (χ2v) is 7.91. The number of nitrogens with zero attached hydrogens (tertiary/aromatic N) is 3. The average molecular weight is 558 g/mol. The van der Waals surface area contributed by atoms with Crippen molar-refractivity contribution in [1.29, 1.82) is 0 Å². The Labute approximate surface area is 210 Å². The number of amides is 1. The zero-order chi connectivity index (χ0) is 22.3. The maximum atomic E-state index is 12.3. The molecule has 8 heteroatoms. The summed E-state index contributed by atoms with van der Waals surface area (Å²) in [5.74, 6) is 0.923. The third-order valence-corrected chi connectivity index (χ3v) is 5.40. The molecule has 7 nitrogen and oxygen atoms in total. The van der Waals surface area contributed by atoms with E-state index in [4.69, 9.17) is 4.74 Å². The van der Waals surface area contributed by atoms with Gasteiger partial charge in [-0.3, -0.25) is 14.7 Å². The molecule has 0 radical (unpaired) electrons.